The molecular formula is C11H10F3N3O5. The molecule has 1 aromatic rings. The fourth-order valence-corrected chi connectivity index (χ4v) is 2.09. The maximum atomic E-state index is 12.7. The summed E-state index contributed by atoms with van der Waals surface area (Å²) in [6, 6.07) is 2.99. The first-order chi connectivity index (χ1) is 10.2. The molecule has 1 atom stereocenters. The number of nitrogens with zero attached hydrogens (tertiary/aromatic N) is 3. The summed E-state index contributed by atoms with van der Waals surface area (Å²) in [6.07, 6.45) is -6.55. The van der Waals surface area contributed by atoms with Gasteiger partial charge in [0, 0.05) is 24.4 Å². The maximum Gasteiger partial charge on any atom is 0.416 e. The van der Waals surface area contributed by atoms with Gasteiger partial charge in [0.1, 0.15) is 0 Å². The molecule has 0 spiro atoms. The van der Waals surface area contributed by atoms with Crippen molar-refractivity contribution in [2.75, 3.05) is 24.6 Å². The Morgan fingerprint density at radius 3 is 2.36 bits per heavy atom. The second-order valence-corrected chi connectivity index (χ2v) is 4.53. The molecule has 0 aromatic heterocycles. The number of nitro benzene ring substituents is 2. The first kappa shape index (κ1) is 15.9. The number of morpholine rings is 1. The molecular weight excluding hydrogens is 311 g/mol. The van der Waals surface area contributed by atoms with Crippen molar-refractivity contribution in [3.05, 3.63) is 38.4 Å². The quantitative estimate of drug-likeness (QED) is 0.625. The summed E-state index contributed by atoms with van der Waals surface area (Å²) in [5.41, 5.74) is -1.37. The van der Waals surface area contributed by atoms with Gasteiger partial charge in [0.25, 0.3) is 0 Å². The zero-order valence-electron chi connectivity index (χ0n) is 10.9. The first-order valence-electron chi connectivity index (χ1n) is 6.06. The zero-order valence-corrected chi connectivity index (χ0v) is 10.9. The number of alkyl halides is 3. The van der Waals surface area contributed by atoms with E-state index in [1.165, 1.54) is 11.0 Å². The number of rotatable bonds is 3. The van der Waals surface area contributed by atoms with Gasteiger partial charge >= 0.3 is 17.6 Å². The molecule has 1 aromatic carbocycles. The lowest BCUT2D eigenvalue weighted by Crippen LogP contribution is -2.49. The lowest BCUT2D eigenvalue weighted by atomic mass is 10.2. The highest BCUT2D eigenvalue weighted by molar-refractivity contribution is 5.63. The molecule has 0 aliphatic carbocycles. The van der Waals surface area contributed by atoms with Gasteiger partial charge in [-0.3, -0.25) is 20.2 Å². The number of benzene rings is 1. The third kappa shape index (κ3) is 3.24. The third-order valence-corrected chi connectivity index (χ3v) is 3.15. The van der Waals surface area contributed by atoms with E-state index in [1.807, 2.05) is 0 Å². The Hall–Kier alpha value is -2.43. The molecule has 0 bridgehead atoms. The second kappa shape index (κ2) is 5.75. The van der Waals surface area contributed by atoms with Crippen LogP contribution in [-0.4, -0.2) is 41.8 Å². The van der Waals surface area contributed by atoms with Crippen molar-refractivity contribution in [2.45, 2.75) is 12.3 Å². The number of hydrogen-bond acceptors (Lipinski definition) is 6. The van der Waals surface area contributed by atoms with Gasteiger partial charge in [-0.25, -0.2) is 0 Å². The van der Waals surface area contributed by atoms with Crippen LogP contribution in [0.1, 0.15) is 0 Å². The second-order valence-electron chi connectivity index (χ2n) is 4.53. The molecule has 1 heterocycles. The van der Waals surface area contributed by atoms with Crippen molar-refractivity contribution in [3.8, 4) is 0 Å². The number of anilines is 1. The van der Waals surface area contributed by atoms with E-state index in [0.29, 0.717) is 0 Å². The Morgan fingerprint density at radius 2 is 1.82 bits per heavy atom. The lowest BCUT2D eigenvalue weighted by molar-refractivity contribution is -0.422. The van der Waals surface area contributed by atoms with E-state index in [0.717, 1.165) is 12.1 Å². The van der Waals surface area contributed by atoms with Gasteiger partial charge < -0.3 is 9.64 Å². The smallest absolute Gasteiger partial charge is 0.366 e. The van der Waals surface area contributed by atoms with Crippen molar-refractivity contribution < 1.29 is 27.8 Å². The largest absolute Gasteiger partial charge is 0.416 e. The highest BCUT2D eigenvalue weighted by atomic mass is 19.4. The number of hydrogen-bond donors (Lipinski definition) is 0. The van der Waals surface area contributed by atoms with Crippen LogP contribution in [-0.2, 0) is 4.74 Å². The van der Waals surface area contributed by atoms with E-state index in [2.05, 4.69) is 4.74 Å². The van der Waals surface area contributed by atoms with E-state index in [1.54, 1.807) is 0 Å². The summed E-state index contributed by atoms with van der Waals surface area (Å²) in [7, 11) is 0. The van der Waals surface area contributed by atoms with Crippen molar-refractivity contribution in [1.29, 1.82) is 0 Å². The van der Waals surface area contributed by atoms with E-state index in [9.17, 15) is 33.4 Å². The Labute approximate surface area is 121 Å². The molecule has 0 N–H and O–H groups in total. The van der Waals surface area contributed by atoms with Crippen molar-refractivity contribution in [2.24, 2.45) is 0 Å². The third-order valence-electron chi connectivity index (χ3n) is 3.15. The van der Waals surface area contributed by atoms with Gasteiger partial charge in [0.15, 0.2) is 6.10 Å². The van der Waals surface area contributed by atoms with Gasteiger partial charge in [0.05, 0.1) is 23.0 Å². The Balaban J connectivity index is 2.31. The van der Waals surface area contributed by atoms with Gasteiger partial charge in [-0.05, 0) is 6.07 Å². The predicted octanol–water partition coefficient (Wildman–Crippen LogP) is 2.27. The predicted molar refractivity (Wildman–Crippen MR) is 67.8 cm³/mol. The zero-order chi connectivity index (χ0) is 16.5. The lowest BCUT2D eigenvalue weighted by Gasteiger charge is -2.35. The molecule has 1 fully saturated rings. The minimum Gasteiger partial charge on any atom is -0.366 e. The first-order valence-corrected chi connectivity index (χ1v) is 6.06. The van der Waals surface area contributed by atoms with Gasteiger partial charge in [-0.15, -0.1) is 0 Å². The van der Waals surface area contributed by atoms with Crippen molar-refractivity contribution in [1.82, 2.24) is 0 Å². The topological polar surface area (TPSA) is 98.8 Å². The summed E-state index contributed by atoms with van der Waals surface area (Å²) in [5.74, 6) is 0. The summed E-state index contributed by atoms with van der Waals surface area (Å²) < 4.78 is 42.6. The number of halogens is 3. The van der Waals surface area contributed by atoms with Crippen LogP contribution in [0.25, 0.3) is 0 Å². The van der Waals surface area contributed by atoms with Crippen LogP contribution in [0.5, 0.6) is 0 Å². The van der Waals surface area contributed by atoms with Crippen LogP contribution >= 0.6 is 0 Å². The van der Waals surface area contributed by atoms with Crippen molar-refractivity contribution in [3.63, 3.8) is 0 Å². The summed E-state index contributed by atoms with van der Waals surface area (Å²) in [4.78, 5) is 21.0. The van der Waals surface area contributed by atoms with Crippen LogP contribution in [0, 0.1) is 20.2 Å². The van der Waals surface area contributed by atoms with Crippen molar-refractivity contribution >= 4 is 17.1 Å². The summed E-state index contributed by atoms with van der Waals surface area (Å²) in [6.45, 7) is -0.630. The molecule has 22 heavy (non-hydrogen) atoms. The van der Waals surface area contributed by atoms with Gasteiger partial charge in [-0.2, -0.15) is 13.2 Å². The summed E-state index contributed by atoms with van der Waals surface area (Å²) >= 11 is 0. The van der Waals surface area contributed by atoms with Crippen LogP contribution in [0.2, 0.25) is 0 Å². The Morgan fingerprint density at radius 1 is 1.18 bits per heavy atom. The Bertz CT molecular complexity index is 607. The molecule has 1 aliphatic rings. The normalized spacial score (nSPS) is 19.0. The Kier molecular flexibility index (Phi) is 4.17. The molecule has 120 valence electrons. The average Bonchev–Trinajstić information content (AvgIpc) is 2.45. The molecule has 8 nitrogen and oxygen atoms in total. The number of nitro groups is 2. The molecule has 0 saturated carbocycles. The minimum atomic E-state index is -4.55. The van der Waals surface area contributed by atoms with E-state index in [4.69, 9.17) is 0 Å². The fraction of sp³-hybridized carbons (Fsp3) is 0.455. The van der Waals surface area contributed by atoms with Crippen LogP contribution in [0.3, 0.4) is 0 Å². The molecule has 1 aliphatic heterocycles. The highest BCUT2D eigenvalue weighted by Crippen LogP contribution is 2.33. The fourth-order valence-electron chi connectivity index (χ4n) is 2.09. The molecule has 1 saturated heterocycles. The van der Waals surface area contributed by atoms with E-state index < -0.39 is 40.0 Å². The van der Waals surface area contributed by atoms with Gasteiger partial charge in [-0.1, -0.05) is 0 Å². The van der Waals surface area contributed by atoms with Crippen LogP contribution < -0.4 is 4.90 Å². The molecule has 0 radical (unpaired) electrons. The molecule has 0 amide bonds. The highest BCUT2D eigenvalue weighted by Gasteiger charge is 2.43. The monoisotopic (exact) mass is 321 g/mol. The molecule has 11 heteroatoms. The van der Waals surface area contributed by atoms with E-state index >= 15 is 0 Å². The van der Waals surface area contributed by atoms with Gasteiger partial charge in [0.2, 0.25) is 0 Å². The number of ether oxygens (including phenoxy) is 1. The van der Waals surface area contributed by atoms with E-state index in [-0.39, 0.29) is 18.8 Å². The average molecular weight is 321 g/mol. The van der Waals surface area contributed by atoms with Crippen LogP contribution in [0.4, 0.5) is 30.2 Å². The van der Waals surface area contributed by atoms with Crippen LogP contribution in [0.15, 0.2) is 18.2 Å². The molecule has 2 rings (SSSR count). The maximum absolute atomic E-state index is 12.7. The minimum absolute atomic E-state index is 0.0988. The summed E-state index contributed by atoms with van der Waals surface area (Å²) in [5, 5.41) is 21.6. The SMILES string of the molecule is O=[N+]([O-])c1ccc(N2CCO[C@H](C(F)(F)F)C2)cc1[N+](=O)[O-]. The standard InChI is InChI=1S/C11H10F3N3O5/c12-11(13,14)10-6-15(3-4-22-10)7-1-2-8(16(18)19)9(5-7)17(20)21/h1-2,5,10H,3-4,6H2/t10-/m0/s1. The molecule has 0 unspecified atom stereocenters.